The van der Waals surface area contributed by atoms with Crippen LogP contribution in [0.15, 0.2) is 53.1 Å². The second kappa shape index (κ2) is 7.33. The maximum atomic E-state index is 12.2. The first-order valence-corrected chi connectivity index (χ1v) is 7.80. The quantitative estimate of drug-likeness (QED) is 0.720. The van der Waals surface area contributed by atoms with Gasteiger partial charge in [-0.05, 0) is 42.5 Å². The SMILES string of the molecule is O=C(NCc1ccc(-c2ccc(Cl)cc2)o1)c1ccnn1CCO. The Morgan fingerprint density at radius 2 is 2.00 bits per heavy atom. The van der Waals surface area contributed by atoms with E-state index in [4.69, 9.17) is 21.1 Å². The van der Waals surface area contributed by atoms with Gasteiger partial charge in [-0.25, -0.2) is 0 Å². The molecule has 24 heavy (non-hydrogen) atoms. The largest absolute Gasteiger partial charge is 0.459 e. The van der Waals surface area contributed by atoms with Crippen molar-refractivity contribution in [3.05, 3.63) is 65.1 Å². The Morgan fingerprint density at radius 3 is 2.75 bits per heavy atom. The van der Waals surface area contributed by atoms with Crippen molar-refractivity contribution in [2.24, 2.45) is 0 Å². The third kappa shape index (κ3) is 3.67. The Kier molecular flexibility index (Phi) is 4.98. The fourth-order valence-electron chi connectivity index (χ4n) is 2.30. The lowest BCUT2D eigenvalue weighted by molar-refractivity contribution is 0.0935. The molecule has 2 aromatic heterocycles. The summed E-state index contributed by atoms with van der Waals surface area (Å²) >= 11 is 5.87. The molecule has 1 aromatic carbocycles. The van der Waals surface area contributed by atoms with Gasteiger partial charge in [0.1, 0.15) is 17.2 Å². The van der Waals surface area contributed by atoms with Gasteiger partial charge in [-0.15, -0.1) is 0 Å². The smallest absolute Gasteiger partial charge is 0.269 e. The van der Waals surface area contributed by atoms with Crippen LogP contribution >= 0.6 is 11.6 Å². The van der Waals surface area contributed by atoms with Crippen LogP contribution in [0.1, 0.15) is 16.2 Å². The predicted octanol–water partition coefficient (Wildman–Crippen LogP) is 2.72. The molecule has 0 aliphatic rings. The van der Waals surface area contributed by atoms with Gasteiger partial charge in [0, 0.05) is 16.8 Å². The van der Waals surface area contributed by atoms with Gasteiger partial charge in [0.15, 0.2) is 0 Å². The Hall–Kier alpha value is -2.57. The van der Waals surface area contributed by atoms with Crippen molar-refractivity contribution in [3.8, 4) is 11.3 Å². The summed E-state index contributed by atoms with van der Waals surface area (Å²) in [5, 5.41) is 16.4. The molecule has 1 amide bonds. The fourth-order valence-corrected chi connectivity index (χ4v) is 2.42. The van der Waals surface area contributed by atoms with Crippen LogP contribution in [0.3, 0.4) is 0 Å². The number of benzene rings is 1. The molecule has 0 radical (unpaired) electrons. The highest BCUT2D eigenvalue weighted by molar-refractivity contribution is 6.30. The number of halogens is 1. The predicted molar refractivity (Wildman–Crippen MR) is 89.6 cm³/mol. The minimum Gasteiger partial charge on any atom is -0.459 e. The molecule has 2 heterocycles. The van der Waals surface area contributed by atoms with Crippen molar-refractivity contribution in [2.45, 2.75) is 13.1 Å². The average Bonchev–Trinajstić information content (AvgIpc) is 3.23. The molecule has 0 fully saturated rings. The average molecular weight is 346 g/mol. The molecule has 0 aliphatic carbocycles. The molecule has 0 unspecified atom stereocenters. The summed E-state index contributed by atoms with van der Waals surface area (Å²) in [5.41, 5.74) is 1.31. The second-order valence-corrected chi connectivity index (χ2v) is 5.56. The summed E-state index contributed by atoms with van der Waals surface area (Å²) < 4.78 is 7.19. The molecule has 0 atom stereocenters. The fraction of sp³-hybridized carbons (Fsp3) is 0.176. The van der Waals surface area contributed by atoms with Gasteiger partial charge in [0.25, 0.3) is 5.91 Å². The van der Waals surface area contributed by atoms with Crippen LogP contribution in [0.4, 0.5) is 0 Å². The normalized spacial score (nSPS) is 10.8. The highest BCUT2D eigenvalue weighted by atomic mass is 35.5. The molecule has 7 heteroatoms. The summed E-state index contributed by atoms with van der Waals surface area (Å²) in [6.45, 7) is 0.457. The lowest BCUT2D eigenvalue weighted by Crippen LogP contribution is -2.26. The first-order valence-electron chi connectivity index (χ1n) is 7.43. The van der Waals surface area contributed by atoms with Gasteiger partial charge >= 0.3 is 0 Å². The highest BCUT2D eigenvalue weighted by Crippen LogP contribution is 2.23. The molecule has 2 N–H and O–H groups in total. The van der Waals surface area contributed by atoms with Crippen LogP contribution in [-0.4, -0.2) is 27.4 Å². The van der Waals surface area contributed by atoms with Crippen molar-refractivity contribution >= 4 is 17.5 Å². The zero-order valence-electron chi connectivity index (χ0n) is 12.8. The molecule has 0 saturated heterocycles. The summed E-state index contributed by atoms with van der Waals surface area (Å²) in [7, 11) is 0. The molecule has 6 nitrogen and oxygen atoms in total. The van der Waals surface area contributed by atoms with Crippen LogP contribution in [0.2, 0.25) is 5.02 Å². The van der Waals surface area contributed by atoms with Crippen LogP contribution < -0.4 is 5.32 Å². The number of hydrogen-bond donors (Lipinski definition) is 2. The van der Waals surface area contributed by atoms with Crippen molar-refractivity contribution in [2.75, 3.05) is 6.61 Å². The number of hydrogen-bond acceptors (Lipinski definition) is 4. The van der Waals surface area contributed by atoms with Crippen LogP contribution in [0, 0.1) is 0 Å². The van der Waals surface area contributed by atoms with E-state index in [0.29, 0.717) is 22.2 Å². The number of carbonyl (C=O) groups is 1. The number of nitrogens with zero attached hydrogens (tertiary/aromatic N) is 2. The zero-order chi connectivity index (χ0) is 16.9. The number of carbonyl (C=O) groups excluding carboxylic acids is 1. The van der Waals surface area contributed by atoms with Crippen molar-refractivity contribution < 1.29 is 14.3 Å². The number of nitrogens with one attached hydrogen (secondary N) is 1. The summed E-state index contributed by atoms with van der Waals surface area (Å²) in [6.07, 6.45) is 1.52. The molecule has 124 valence electrons. The minimum atomic E-state index is -0.273. The van der Waals surface area contributed by atoms with Crippen molar-refractivity contribution in [1.82, 2.24) is 15.1 Å². The van der Waals surface area contributed by atoms with Crippen LogP contribution in [0.5, 0.6) is 0 Å². The first kappa shape index (κ1) is 16.3. The number of aromatic nitrogens is 2. The number of rotatable bonds is 6. The van der Waals surface area contributed by atoms with E-state index in [1.165, 1.54) is 10.9 Å². The Bertz CT molecular complexity index is 824. The lowest BCUT2D eigenvalue weighted by atomic mass is 10.2. The van der Waals surface area contributed by atoms with Gasteiger partial charge < -0.3 is 14.8 Å². The Morgan fingerprint density at radius 1 is 1.21 bits per heavy atom. The minimum absolute atomic E-state index is 0.0788. The number of furan rings is 1. The summed E-state index contributed by atoms with van der Waals surface area (Å²) in [6, 6.07) is 12.6. The molecule has 3 rings (SSSR count). The van der Waals surface area contributed by atoms with E-state index in [9.17, 15) is 4.79 Å². The van der Waals surface area contributed by atoms with E-state index in [1.54, 1.807) is 18.2 Å². The van der Waals surface area contributed by atoms with E-state index in [-0.39, 0.29) is 25.6 Å². The van der Waals surface area contributed by atoms with Gasteiger partial charge in [-0.1, -0.05) is 11.6 Å². The van der Waals surface area contributed by atoms with E-state index < -0.39 is 0 Å². The van der Waals surface area contributed by atoms with Gasteiger partial charge in [-0.2, -0.15) is 5.10 Å². The van der Waals surface area contributed by atoms with Crippen molar-refractivity contribution in [1.29, 1.82) is 0 Å². The molecule has 0 saturated carbocycles. The monoisotopic (exact) mass is 345 g/mol. The van der Waals surface area contributed by atoms with E-state index in [2.05, 4.69) is 10.4 Å². The molecule has 3 aromatic rings. The van der Waals surface area contributed by atoms with Gasteiger partial charge in [-0.3, -0.25) is 9.48 Å². The number of amides is 1. The maximum absolute atomic E-state index is 12.2. The second-order valence-electron chi connectivity index (χ2n) is 5.12. The van der Waals surface area contributed by atoms with Gasteiger partial charge in [0.05, 0.1) is 19.7 Å². The van der Waals surface area contributed by atoms with E-state index in [0.717, 1.165) is 5.56 Å². The summed E-state index contributed by atoms with van der Waals surface area (Å²) in [5.74, 6) is 1.08. The van der Waals surface area contributed by atoms with Crippen molar-refractivity contribution in [3.63, 3.8) is 0 Å². The number of aliphatic hydroxyl groups excluding tert-OH is 1. The lowest BCUT2D eigenvalue weighted by Gasteiger charge is -2.06. The molecule has 0 spiro atoms. The maximum Gasteiger partial charge on any atom is 0.269 e. The first-order chi connectivity index (χ1) is 11.7. The van der Waals surface area contributed by atoms with E-state index >= 15 is 0 Å². The topological polar surface area (TPSA) is 80.3 Å². The Labute approximate surface area is 143 Å². The third-order valence-electron chi connectivity index (χ3n) is 3.47. The molecular weight excluding hydrogens is 330 g/mol. The van der Waals surface area contributed by atoms with Crippen LogP contribution in [0.25, 0.3) is 11.3 Å². The van der Waals surface area contributed by atoms with E-state index in [1.807, 2.05) is 24.3 Å². The van der Waals surface area contributed by atoms with Crippen LogP contribution in [-0.2, 0) is 13.1 Å². The highest BCUT2D eigenvalue weighted by Gasteiger charge is 2.12. The standard InChI is InChI=1S/C17H16ClN3O3/c18-13-3-1-12(2-4-13)16-6-5-14(24-16)11-19-17(23)15-7-8-20-21(15)9-10-22/h1-8,22H,9-11H2,(H,19,23). The van der Waals surface area contributed by atoms with Gasteiger partial charge in [0.2, 0.25) is 0 Å². The third-order valence-corrected chi connectivity index (χ3v) is 3.73. The molecule has 0 bridgehead atoms. The molecule has 0 aliphatic heterocycles. The zero-order valence-corrected chi connectivity index (χ0v) is 13.5. The Balaban J connectivity index is 1.64. The number of aliphatic hydroxyl groups is 1. The summed E-state index contributed by atoms with van der Waals surface area (Å²) in [4.78, 5) is 12.2. The molecular formula is C17H16ClN3O3.